The fourth-order valence-corrected chi connectivity index (χ4v) is 2.46. The second kappa shape index (κ2) is 9.16. The summed E-state index contributed by atoms with van der Waals surface area (Å²) >= 11 is 0. The van der Waals surface area contributed by atoms with Gasteiger partial charge in [-0.15, -0.1) is 0 Å². The van der Waals surface area contributed by atoms with Gasteiger partial charge < -0.3 is 9.47 Å². The molecule has 0 unspecified atom stereocenters. The molecular formula is C21H26N2O4. The summed E-state index contributed by atoms with van der Waals surface area (Å²) in [7, 11) is 1.55. The second-order valence-electron chi connectivity index (χ2n) is 7.08. The number of amides is 1. The Morgan fingerprint density at radius 3 is 2.44 bits per heavy atom. The molecule has 2 aromatic rings. The lowest BCUT2D eigenvalue weighted by Crippen LogP contribution is -2.38. The maximum atomic E-state index is 12.6. The zero-order valence-electron chi connectivity index (χ0n) is 16.3. The molecule has 1 amide bonds. The van der Waals surface area contributed by atoms with E-state index in [1.165, 1.54) is 4.90 Å². The Morgan fingerprint density at radius 1 is 1.11 bits per heavy atom. The van der Waals surface area contributed by atoms with Crippen molar-refractivity contribution in [1.29, 1.82) is 0 Å². The van der Waals surface area contributed by atoms with Crippen LogP contribution < -0.4 is 9.64 Å². The predicted molar refractivity (Wildman–Crippen MR) is 104 cm³/mol. The highest BCUT2D eigenvalue weighted by molar-refractivity contribution is 5.96. The summed E-state index contributed by atoms with van der Waals surface area (Å²) in [6.45, 7) is 5.73. The van der Waals surface area contributed by atoms with Crippen LogP contribution in [0.2, 0.25) is 0 Å². The third-order valence-electron chi connectivity index (χ3n) is 3.72. The first kappa shape index (κ1) is 20.4. The molecule has 0 radical (unpaired) electrons. The second-order valence-corrected chi connectivity index (χ2v) is 7.08. The van der Waals surface area contributed by atoms with Crippen LogP contribution >= 0.6 is 0 Å². The number of pyridine rings is 1. The smallest absolute Gasteiger partial charge is 0.416 e. The van der Waals surface area contributed by atoms with Crippen molar-refractivity contribution < 1.29 is 19.1 Å². The SMILES string of the molecule is COc1ccnc(N(CCCC(=O)c2ccccc2)C(=O)OC(C)(C)C)c1. The molecule has 0 spiro atoms. The van der Waals surface area contributed by atoms with Crippen LogP contribution in [0.15, 0.2) is 48.7 Å². The fraction of sp³-hybridized carbons (Fsp3) is 0.381. The van der Waals surface area contributed by atoms with E-state index in [-0.39, 0.29) is 5.78 Å². The van der Waals surface area contributed by atoms with Gasteiger partial charge in [-0.2, -0.15) is 0 Å². The van der Waals surface area contributed by atoms with Gasteiger partial charge in [-0.1, -0.05) is 30.3 Å². The van der Waals surface area contributed by atoms with E-state index in [1.54, 1.807) is 58.3 Å². The molecule has 6 heteroatoms. The third kappa shape index (κ3) is 6.40. The normalized spacial score (nSPS) is 11.0. The summed E-state index contributed by atoms with van der Waals surface area (Å²) in [5.41, 5.74) is 0.0365. The minimum absolute atomic E-state index is 0.0401. The first-order valence-corrected chi connectivity index (χ1v) is 8.89. The average molecular weight is 370 g/mol. The molecule has 1 heterocycles. The molecule has 0 aliphatic rings. The number of methoxy groups -OCH3 is 1. The number of anilines is 1. The van der Waals surface area contributed by atoms with Gasteiger partial charge in [0, 0.05) is 30.8 Å². The number of hydrogen-bond donors (Lipinski definition) is 0. The molecule has 0 N–H and O–H groups in total. The van der Waals surface area contributed by atoms with Crippen LogP contribution in [0, 0.1) is 0 Å². The van der Waals surface area contributed by atoms with E-state index in [0.29, 0.717) is 36.5 Å². The number of benzene rings is 1. The number of aromatic nitrogens is 1. The Balaban J connectivity index is 2.09. The Hall–Kier alpha value is -2.89. The summed E-state index contributed by atoms with van der Waals surface area (Å²) in [6, 6.07) is 12.5. The van der Waals surface area contributed by atoms with Gasteiger partial charge in [-0.25, -0.2) is 9.78 Å². The lowest BCUT2D eigenvalue weighted by molar-refractivity contribution is 0.0577. The van der Waals surface area contributed by atoms with Gasteiger partial charge in [-0.05, 0) is 33.3 Å². The minimum Gasteiger partial charge on any atom is -0.497 e. The quantitative estimate of drug-likeness (QED) is 0.672. The topological polar surface area (TPSA) is 68.7 Å². The lowest BCUT2D eigenvalue weighted by Gasteiger charge is -2.27. The molecular weight excluding hydrogens is 344 g/mol. The molecule has 27 heavy (non-hydrogen) atoms. The van der Waals surface area contributed by atoms with E-state index < -0.39 is 11.7 Å². The van der Waals surface area contributed by atoms with Gasteiger partial charge in [0.1, 0.15) is 17.2 Å². The largest absolute Gasteiger partial charge is 0.497 e. The maximum absolute atomic E-state index is 12.6. The van der Waals surface area contributed by atoms with E-state index >= 15 is 0 Å². The first-order chi connectivity index (χ1) is 12.8. The van der Waals surface area contributed by atoms with Crippen molar-refractivity contribution in [2.45, 2.75) is 39.2 Å². The summed E-state index contributed by atoms with van der Waals surface area (Å²) in [4.78, 5) is 30.6. The molecule has 1 aromatic carbocycles. The van der Waals surface area contributed by atoms with Crippen LogP contribution in [-0.4, -0.2) is 36.1 Å². The Kier molecular flexibility index (Phi) is 6.93. The molecule has 0 atom stereocenters. The number of carbonyl (C=O) groups is 2. The van der Waals surface area contributed by atoms with Crippen molar-refractivity contribution in [3.63, 3.8) is 0 Å². The van der Waals surface area contributed by atoms with Gasteiger partial charge in [0.15, 0.2) is 5.78 Å². The van der Waals surface area contributed by atoms with Gasteiger partial charge in [0.05, 0.1) is 7.11 Å². The molecule has 0 bridgehead atoms. The van der Waals surface area contributed by atoms with Crippen LogP contribution in [0.4, 0.5) is 10.6 Å². The zero-order chi connectivity index (χ0) is 19.9. The summed E-state index contributed by atoms with van der Waals surface area (Å²) < 4.78 is 10.7. The molecule has 144 valence electrons. The van der Waals surface area contributed by atoms with E-state index in [2.05, 4.69) is 4.98 Å². The highest BCUT2D eigenvalue weighted by Crippen LogP contribution is 2.21. The standard InChI is InChI=1S/C21H26N2O4/c1-21(2,3)27-20(25)23(19-15-17(26-4)12-13-22-19)14-8-11-18(24)16-9-6-5-7-10-16/h5-7,9-10,12-13,15H,8,11,14H2,1-4H3. The number of Topliss-reactive ketones (excluding diaryl/α,β-unsaturated/α-hetero) is 1. The van der Waals surface area contributed by atoms with Crippen molar-refractivity contribution in [3.8, 4) is 5.75 Å². The maximum Gasteiger partial charge on any atom is 0.416 e. The van der Waals surface area contributed by atoms with Crippen LogP contribution in [0.5, 0.6) is 5.75 Å². The van der Waals surface area contributed by atoms with Gasteiger partial charge in [0.25, 0.3) is 0 Å². The third-order valence-corrected chi connectivity index (χ3v) is 3.72. The van der Waals surface area contributed by atoms with Crippen molar-refractivity contribution >= 4 is 17.7 Å². The zero-order valence-corrected chi connectivity index (χ0v) is 16.3. The van der Waals surface area contributed by atoms with Crippen LogP contribution in [0.25, 0.3) is 0 Å². The molecule has 0 saturated heterocycles. The highest BCUT2D eigenvalue weighted by Gasteiger charge is 2.24. The predicted octanol–water partition coefficient (Wildman–Crippen LogP) is 4.49. The summed E-state index contributed by atoms with van der Waals surface area (Å²) in [5, 5.41) is 0. The van der Waals surface area contributed by atoms with Crippen molar-refractivity contribution in [2.75, 3.05) is 18.6 Å². The highest BCUT2D eigenvalue weighted by atomic mass is 16.6. The van der Waals surface area contributed by atoms with Crippen LogP contribution in [0.1, 0.15) is 44.0 Å². The van der Waals surface area contributed by atoms with Gasteiger partial charge in [0.2, 0.25) is 0 Å². The van der Waals surface area contributed by atoms with Crippen LogP contribution in [0.3, 0.4) is 0 Å². The van der Waals surface area contributed by atoms with Gasteiger partial charge in [-0.3, -0.25) is 9.69 Å². The van der Waals surface area contributed by atoms with Gasteiger partial charge >= 0.3 is 6.09 Å². The number of rotatable bonds is 7. The van der Waals surface area contributed by atoms with E-state index in [1.807, 2.05) is 18.2 Å². The van der Waals surface area contributed by atoms with Crippen LogP contribution in [-0.2, 0) is 4.74 Å². The number of hydrogen-bond acceptors (Lipinski definition) is 5. The summed E-state index contributed by atoms with van der Waals surface area (Å²) in [6.07, 6.45) is 1.88. The van der Waals surface area contributed by atoms with Crippen molar-refractivity contribution in [1.82, 2.24) is 4.98 Å². The monoisotopic (exact) mass is 370 g/mol. The molecule has 0 saturated carbocycles. The fourth-order valence-electron chi connectivity index (χ4n) is 2.46. The summed E-state index contributed by atoms with van der Waals surface area (Å²) in [5.74, 6) is 1.06. The molecule has 0 fully saturated rings. The molecule has 6 nitrogen and oxygen atoms in total. The van der Waals surface area contributed by atoms with E-state index in [9.17, 15) is 9.59 Å². The number of carbonyl (C=O) groups excluding carboxylic acids is 2. The Labute approximate surface area is 160 Å². The lowest BCUT2D eigenvalue weighted by atomic mass is 10.1. The molecule has 1 aromatic heterocycles. The van der Waals surface area contributed by atoms with Crippen molar-refractivity contribution in [3.05, 3.63) is 54.2 Å². The Bertz CT molecular complexity index is 769. The van der Waals surface area contributed by atoms with E-state index in [0.717, 1.165) is 0 Å². The van der Waals surface area contributed by atoms with Crippen molar-refractivity contribution in [2.24, 2.45) is 0 Å². The number of ketones is 1. The number of ether oxygens (including phenoxy) is 2. The molecule has 0 aliphatic heterocycles. The minimum atomic E-state index is -0.631. The van der Waals surface area contributed by atoms with E-state index in [4.69, 9.17) is 9.47 Å². The number of nitrogens with zero attached hydrogens (tertiary/aromatic N) is 2. The molecule has 2 rings (SSSR count). The average Bonchev–Trinajstić information content (AvgIpc) is 2.64. The first-order valence-electron chi connectivity index (χ1n) is 8.89. The molecule has 0 aliphatic carbocycles. The Morgan fingerprint density at radius 2 is 1.81 bits per heavy atom.